The van der Waals surface area contributed by atoms with Crippen molar-refractivity contribution >= 4 is 40.9 Å². The molecule has 1 aliphatic rings. The number of aromatic carboxylic acids is 1. The zero-order chi connectivity index (χ0) is 20.3. The minimum Gasteiger partial charge on any atom is -0.496 e. The van der Waals surface area contributed by atoms with Gasteiger partial charge in [-0.05, 0) is 54.8 Å². The number of alkyl halides is 2. The number of benzene rings is 2. The van der Waals surface area contributed by atoms with E-state index in [4.69, 9.17) is 16.3 Å². The van der Waals surface area contributed by atoms with Crippen LogP contribution in [0.5, 0.6) is 5.75 Å². The largest absolute Gasteiger partial charge is 0.496 e. The van der Waals surface area contributed by atoms with Gasteiger partial charge in [-0.3, -0.25) is 0 Å². The molecular formula is C19H19ClF2N2O3S. The fourth-order valence-corrected chi connectivity index (χ4v) is 4.03. The summed E-state index contributed by atoms with van der Waals surface area (Å²) in [6, 6.07) is 9.52. The Bertz CT molecular complexity index is 882. The smallest absolute Gasteiger partial charge is 0.335 e. The minimum atomic E-state index is -2.73. The summed E-state index contributed by atoms with van der Waals surface area (Å²) in [5, 5.41) is 9.65. The van der Waals surface area contributed by atoms with Crippen LogP contribution in [0.1, 0.15) is 23.2 Å². The first-order chi connectivity index (χ1) is 13.3. The molecule has 5 nitrogen and oxygen atoms in total. The summed E-state index contributed by atoms with van der Waals surface area (Å²) in [6.07, 6.45) is 0.282. The van der Waals surface area contributed by atoms with Gasteiger partial charge in [0.1, 0.15) is 5.75 Å². The first kappa shape index (κ1) is 20.5. The molecule has 0 unspecified atom stereocenters. The number of hydrogen-bond donors (Lipinski definition) is 2. The number of methoxy groups -OCH3 is 1. The number of carboxylic acid groups (broad SMARTS) is 1. The Hall–Kier alpha value is -2.19. The molecule has 1 aliphatic heterocycles. The molecule has 2 aromatic rings. The number of carbonyl (C=O) groups is 1. The van der Waals surface area contributed by atoms with Crippen LogP contribution in [-0.4, -0.2) is 37.2 Å². The summed E-state index contributed by atoms with van der Waals surface area (Å²) in [4.78, 5) is 13.4. The number of ether oxygens (including phenoxy) is 1. The van der Waals surface area contributed by atoms with Crippen LogP contribution in [0.25, 0.3) is 0 Å². The second-order valence-electron chi connectivity index (χ2n) is 6.42. The molecule has 0 amide bonds. The Balaban J connectivity index is 1.86. The zero-order valence-corrected chi connectivity index (χ0v) is 16.6. The fraction of sp³-hybridized carbons (Fsp3) is 0.316. The van der Waals surface area contributed by atoms with E-state index in [1.54, 1.807) is 29.2 Å². The van der Waals surface area contributed by atoms with Crippen LogP contribution in [0, 0.1) is 0 Å². The molecular weight excluding hydrogens is 410 g/mol. The number of halogens is 3. The molecule has 1 fully saturated rings. The number of anilines is 2. The van der Waals surface area contributed by atoms with E-state index in [2.05, 4.69) is 4.72 Å². The third-order valence-electron chi connectivity index (χ3n) is 4.37. The maximum Gasteiger partial charge on any atom is 0.335 e. The Kier molecular flexibility index (Phi) is 6.20. The van der Waals surface area contributed by atoms with E-state index in [1.165, 1.54) is 19.2 Å². The molecule has 1 heterocycles. The van der Waals surface area contributed by atoms with E-state index in [-0.39, 0.29) is 18.5 Å². The van der Waals surface area contributed by atoms with E-state index >= 15 is 0 Å². The molecule has 0 saturated carbocycles. The molecule has 0 spiro atoms. The van der Waals surface area contributed by atoms with Crippen molar-refractivity contribution in [3.8, 4) is 5.75 Å². The molecule has 150 valence electrons. The zero-order valence-electron chi connectivity index (χ0n) is 15.0. The number of piperidine rings is 1. The number of rotatable bonds is 6. The highest BCUT2D eigenvalue weighted by molar-refractivity contribution is 8.00. The lowest BCUT2D eigenvalue weighted by molar-refractivity contribution is -0.0116. The predicted octanol–water partition coefficient (Wildman–Crippen LogP) is 5.40. The summed E-state index contributed by atoms with van der Waals surface area (Å²) in [6.45, 7) is 0.167. The highest BCUT2D eigenvalue weighted by atomic mass is 35.5. The summed E-state index contributed by atoms with van der Waals surface area (Å²) in [5.74, 6) is -3.29. The van der Waals surface area contributed by atoms with Crippen molar-refractivity contribution in [3.05, 3.63) is 47.0 Å². The van der Waals surface area contributed by atoms with Gasteiger partial charge in [0.05, 0.1) is 35.5 Å². The van der Waals surface area contributed by atoms with Gasteiger partial charge in [0.2, 0.25) is 0 Å². The topological polar surface area (TPSA) is 61.8 Å². The van der Waals surface area contributed by atoms with Gasteiger partial charge >= 0.3 is 5.97 Å². The van der Waals surface area contributed by atoms with E-state index in [0.717, 1.165) is 11.9 Å². The van der Waals surface area contributed by atoms with Gasteiger partial charge in [0.15, 0.2) is 0 Å². The number of carboxylic acids is 1. The molecule has 0 radical (unpaired) electrons. The molecule has 2 N–H and O–H groups in total. The molecule has 0 aliphatic carbocycles. The summed E-state index contributed by atoms with van der Waals surface area (Å²) in [7, 11) is 1.49. The van der Waals surface area contributed by atoms with Gasteiger partial charge in [-0.15, -0.1) is 0 Å². The van der Waals surface area contributed by atoms with Crippen LogP contribution in [-0.2, 0) is 0 Å². The average Bonchev–Trinajstić information content (AvgIpc) is 2.65. The first-order valence-electron chi connectivity index (χ1n) is 8.55. The van der Waals surface area contributed by atoms with Crippen molar-refractivity contribution in [2.24, 2.45) is 0 Å². The Morgan fingerprint density at radius 1 is 1.32 bits per heavy atom. The van der Waals surface area contributed by atoms with E-state index in [9.17, 15) is 18.7 Å². The van der Waals surface area contributed by atoms with Crippen LogP contribution >= 0.6 is 23.5 Å². The van der Waals surface area contributed by atoms with Crippen molar-refractivity contribution < 1.29 is 23.4 Å². The molecule has 28 heavy (non-hydrogen) atoms. The van der Waals surface area contributed by atoms with Crippen molar-refractivity contribution in [1.29, 1.82) is 0 Å². The van der Waals surface area contributed by atoms with E-state index < -0.39 is 11.9 Å². The summed E-state index contributed by atoms with van der Waals surface area (Å²) in [5.41, 5.74) is 1.30. The van der Waals surface area contributed by atoms with Crippen molar-refractivity contribution in [1.82, 2.24) is 0 Å². The molecule has 9 heteroatoms. The summed E-state index contributed by atoms with van der Waals surface area (Å²) < 4.78 is 36.1. The maximum atomic E-state index is 13.9. The van der Waals surface area contributed by atoms with E-state index in [1.807, 2.05) is 0 Å². The van der Waals surface area contributed by atoms with Gasteiger partial charge in [0, 0.05) is 18.0 Å². The Morgan fingerprint density at radius 2 is 2.11 bits per heavy atom. The SMILES string of the molecule is COc1ccc(C(=O)O)cc1SNc1cc(Cl)ccc1N1CCCC(F)(F)C1. The molecule has 1 saturated heterocycles. The lowest BCUT2D eigenvalue weighted by Crippen LogP contribution is -2.42. The van der Waals surface area contributed by atoms with Gasteiger partial charge in [-0.2, -0.15) is 0 Å². The van der Waals surface area contributed by atoms with Gasteiger partial charge in [-0.25, -0.2) is 13.6 Å². The molecule has 3 rings (SSSR count). The quantitative estimate of drug-likeness (QED) is 0.600. The number of nitrogens with zero attached hydrogens (tertiary/aromatic N) is 1. The Morgan fingerprint density at radius 3 is 2.79 bits per heavy atom. The second-order valence-corrected chi connectivity index (χ2v) is 7.70. The molecule has 0 bridgehead atoms. The predicted molar refractivity (Wildman–Crippen MR) is 107 cm³/mol. The molecule has 0 aromatic heterocycles. The lowest BCUT2D eigenvalue weighted by atomic mass is 10.1. The monoisotopic (exact) mass is 428 g/mol. The third-order valence-corrected chi connectivity index (χ3v) is 5.47. The van der Waals surface area contributed by atoms with E-state index in [0.29, 0.717) is 40.0 Å². The second kappa shape index (κ2) is 8.45. The normalized spacial score (nSPS) is 15.9. The molecule has 0 atom stereocenters. The summed E-state index contributed by atoms with van der Waals surface area (Å²) >= 11 is 7.23. The first-order valence-corrected chi connectivity index (χ1v) is 9.75. The van der Waals surface area contributed by atoms with Gasteiger partial charge < -0.3 is 19.5 Å². The lowest BCUT2D eigenvalue weighted by Gasteiger charge is -2.35. The third kappa shape index (κ3) is 4.80. The highest BCUT2D eigenvalue weighted by Gasteiger charge is 2.35. The number of nitrogens with one attached hydrogen (secondary N) is 1. The molecule has 2 aromatic carbocycles. The van der Waals surface area contributed by atoms with Crippen LogP contribution < -0.4 is 14.4 Å². The Labute approximate surface area is 170 Å². The highest BCUT2D eigenvalue weighted by Crippen LogP contribution is 2.38. The maximum absolute atomic E-state index is 13.9. The van der Waals surface area contributed by atoms with Crippen molar-refractivity contribution in [3.63, 3.8) is 0 Å². The fourth-order valence-electron chi connectivity index (χ4n) is 3.04. The van der Waals surface area contributed by atoms with Crippen LogP contribution in [0.2, 0.25) is 5.02 Å². The van der Waals surface area contributed by atoms with Crippen LogP contribution in [0.3, 0.4) is 0 Å². The van der Waals surface area contributed by atoms with Crippen molar-refractivity contribution in [2.45, 2.75) is 23.7 Å². The van der Waals surface area contributed by atoms with Crippen LogP contribution in [0.4, 0.5) is 20.2 Å². The average molecular weight is 429 g/mol. The standard InChI is InChI=1S/C19H19ClF2N2O3S/c1-27-16-6-3-12(18(25)26)9-17(16)28-23-14-10-13(20)4-5-15(14)24-8-2-7-19(21,22)11-24/h3-6,9-10,23H,2,7-8,11H2,1H3,(H,25,26). The van der Waals surface area contributed by atoms with Crippen LogP contribution in [0.15, 0.2) is 41.3 Å². The van der Waals surface area contributed by atoms with Gasteiger partial charge in [-0.1, -0.05) is 11.6 Å². The van der Waals surface area contributed by atoms with Crippen molar-refractivity contribution in [2.75, 3.05) is 29.8 Å². The number of hydrogen-bond acceptors (Lipinski definition) is 5. The van der Waals surface area contributed by atoms with Gasteiger partial charge in [0.25, 0.3) is 5.92 Å². The minimum absolute atomic E-state index is 0.117.